The smallest absolute Gasteiger partial charge is 0.240 e. The molecule has 28 heavy (non-hydrogen) atoms. The van der Waals surface area contributed by atoms with Crippen molar-refractivity contribution in [2.75, 3.05) is 25.5 Å². The molecule has 2 N–H and O–H groups in total. The molecule has 2 aliphatic rings. The van der Waals surface area contributed by atoms with Crippen molar-refractivity contribution in [2.24, 2.45) is 5.92 Å². The summed E-state index contributed by atoms with van der Waals surface area (Å²) in [6.45, 7) is 2.94. The Morgan fingerprint density at radius 3 is 2.79 bits per heavy atom. The second kappa shape index (κ2) is 7.59. The summed E-state index contributed by atoms with van der Waals surface area (Å²) in [5.41, 5.74) is 2.53. The topological polar surface area (TPSA) is 78.5 Å². The highest BCUT2D eigenvalue weighted by Crippen LogP contribution is 2.48. The second-order valence-corrected chi connectivity index (χ2v) is 10.4. The highest BCUT2D eigenvalue weighted by atomic mass is 32.2. The average Bonchev–Trinajstić information content (AvgIpc) is 3.39. The van der Waals surface area contributed by atoms with Crippen molar-refractivity contribution in [3.63, 3.8) is 0 Å². The van der Waals surface area contributed by atoms with Crippen LogP contribution in [0.15, 0.2) is 34.5 Å². The fourth-order valence-corrected chi connectivity index (χ4v) is 5.91. The van der Waals surface area contributed by atoms with Crippen molar-refractivity contribution in [3.05, 3.63) is 45.6 Å². The lowest BCUT2D eigenvalue weighted by molar-refractivity contribution is -0.118. The minimum atomic E-state index is -3.56. The molecule has 1 aliphatic heterocycles. The minimum absolute atomic E-state index is 0.110. The lowest BCUT2D eigenvalue weighted by Crippen LogP contribution is -2.41. The van der Waals surface area contributed by atoms with Crippen molar-refractivity contribution < 1.29 is 13.2 Å². The molecule has 0 bridgehead atoms. The van der Waals surface area contributed by atoms with Gasteiger partial charge in [0.1, 0.15) is 0 Å². The number of thiophene rings is 1. The highest BCUT2D eigenvalue weighted by molar-refractivity contribution is 7.89. The summed E-state index contributed by atoms with van der Waals surface area (Å²) < 4.78 is 26.7. The highest BCUT2D eigenvalue weighted by Gasteiger charge is 2.40. The molecular weight excluding hydrogens is 394 g/mol. The quantitative estimate of drug-likeness (QED) is 0.755. The molecule has 2 heterocycles. The Labute approximate surface area is 170 Å². The van der Waals surface area contributed by atoms with Gasteiger partial charge in [-0.2, -0.15) is 0 Å². The van der Waals surface area contributed by atoms with Crippen molar-refractivity contribution in [3.8, 4) is 0 Å². The predicted molar refractivity (Wildman–Crippen MR) is 111 cm³/mol. The van der Waals surface area contributed by atoms with Gasteiger partial charge in [0, 0.05) is 23.2 Å². The summed E-state index contributed by atoms with van der Waals surface area (Å²) in [4.78, 5) is 16.6. The molecule has 1 fully saturated rings. The summed E-state index contributed by atoms with van der Waals surface area (Å²) in [6.07, 6.45) is 3.43. The number of anilines is 1. The number of fused-ring (bicyclic) bond motifs is 1. The molecule has 150 valence electrons. The fourth-order valence-electron chi connectivity index (χ4n) is 4.00. The van der Waals surface area contributed by atoms with E-state index in [-0.39, 0.29) is 10.8 Å². The van der Waals surface area contributed by atoms with Crippen LogP contribution in [0.2, 0.25) is 0 Å². The van der Waals surface area contributed by atoms with Gasteiger partial charge >= 0.3 is 0 Å². The van der Waals surface area contributed by atoms with Crippen molar-refractivity contribution >= 4 is 33.0 Å². The number of rotatable bonds is 6. The third-order valence-corrected chi connectivity index (χ3v) is 8.12. The van der Waals surface area contributed by atoms with E-state index in [1.165, 1.54) is 36.4 Å². The lowest BCUT2D eigenvalue weighted by atomic mass is 9.96. The van der Waals surface area contributed by atoms with Crippen LogP contribution >= 0.6 is 11.3 Å². The van der Waals surface area contributed by atoms with Gasteiger partial charge in [-0.25, -0.2) is 13.1 Å². The van der Waals surface area contributed by atoms with Crippen LogP contribution in [0.25, 0.3) is 0 Å². The Bertz CT molecular complexity index is 996. The fraction of sp³-hybridized carbons (Fsp3) is 0.450. The summed E-state index contributed by atoms with van der Waals surface area (Å²) in [5.74, 6) is 0.536. The Hall–Kier alpha value is -1.74. The monoisotopic (exact) mass is 419 g/mol. The number of sulfonamides is 1. The SMILES string of the molecule is CNS(=O)(=O)c1cc(NC(=O)CN2CCc3sccc3[C@H]2C2CC2)ccc1C. The van der Waals surface area contributed by atoms with Crippen molar-refractivity contribution in [1.29, 1.82) is 0 Å². The summed E-state index contributed by atoms with van der Waals surface area (Å²) in [6, 6.07) is 7.52. The first-order valence-electron chi connectivity index (χ1n) is 9.53. The van der Waals surface area contributed by atoms with E-state index in [4.69, 9.17) is 0 Å². The first-order chi connectivity index (χ1) is 13.4. The molecule has 1 saturated carbocycles. The zero-order valence-electron chi connectivity index (χ0n) is 16.1. The average molecular weight is 420 g/mol. The van der Waals surface area contributed by atoms with E-state index < -0.39 is 10.0 Å². The number of carbonyl (C=O) groups is 1. The van der Waals surface area contributed by atoms with Gasteiger partial charge in [-0.1, -0.05) is 6.07 Å². The summed E-state index contributed by atoms with van der Waals surface area (Å²) in [5, 5.41) is 5.03. The molecule has 0 radical (unpaired) electrons. The van der Waals surface area contributed by atoms with Gasteiger partial charge in [0.25, 0.3) is 0 Å². The Balaban J connectivity index is 1.49. The lowest BCUT2D eigenvalue weighted by Gasteiger charge is -2.35. The molecule has 2 aromatic rings. The van der Waals surface area contributed by atoms with Gasteiger partial charge in [-0.05, 0) is 73.9 Å². The molecule has 6 nitrogen and oxygen atoms in total. The first kappa shape index (κ1) is 19.6. The molecule has 0 saturated heterocycles. The van der Waals surface area contributed by atoms with Crippen molar-refractivity contribution in [2.45, 2.75) is 37.1 Å². The third kappa shape index (κ3) is 3.87. The van der Waals surface area contributed by atoms with Crippen molar-refractivity contribution in [1.82, 2.24) is 9.62 Å². The molecule has 0 unspecified atom stereocenters. The van der Waals surface area contributed by atoms with Crippen LogP contribution in [0.5, 0.6) is 0 Å². The molecule has 1 aromatic heterocycles. The van der Waals surface area contributed by atoms with E-state index >= 15 is 0 Å². The number of benzene rings is 1. The molecule has 1 aromatic carbocycles. The number of carbonyl (C=O) groups excluding carboxylic acids is 1. The number of hydrogen-bond donors (Lipinski definition) is 2. The van der Waals surface area contributed by atoms with Crippen LogP contribution in [-0.4, -0.2) is 39.4 Å². The van der Waals surface area contributed by atoms with E-state index in [0.717, 1.165) is 13.0 Å². The number of nitrogens with one attached hydrogen (secondary N) is 2. The minimum Gasteiger partial charge on any atom is -0.325 e. The number of hydrogen-bond acceptors (Lipinski definition) is 5. The number of amides is 1. The zero-order chi connectivity index (χ0) is 19.9. The molecule has 4 rings (SSSR count). The first-order valence-corrected chi connectivity index (χ1v) is 11.9. The van der Waals surface area contributed by atoms with Crippen LogP contribution in [0.1, 0.15) is 34.9 Å². The van der Waals surface area contributed by atoms with Crippen LogP contribution in [-0.2, 0) is 21.2 Å². The van der Waals surface area contributed by atoms with Crippen LogP contribution in [0.3, 0.4) is 0 Å². The van der Waals surface area contributed by atoms with Gasteiger partial charge in [0.05, 0.1) is 11.4 Å². The van der Waals surface area contributed by atoms with Gasteiger partial charge < -0.3 is 5.32 Å². The molecule has 1 amide bonds. The van der Waals surface area contributed by atoms with Gasteiger partial charge in [-0.3, -0.25) is 9.69 Å². The van der Waals surface area contributed by atoms with Gasteiger partial charge in [-0.15, -0.1) is 11.3 Å². The largest absolute Gasteiger partial charge is 0.325 e. The third-order valence-electron chi connectivity index (χ3n) is 5.56. The molecule has 1 atom stereocenters. The van der Waals surface area contributed by atoms with E-state index in [1.54, 1.807) is 19.1 Å². The maximum atomic E-state index is 12.7. The standard InChI is InChI=1S/C20H25N3O3S2/c1-13-3-6-15(11-18(13)28(25,26)21-2)22-19(24)12-23-9-7-17-16(8-10-27-17)20(23)14-4-5-14/h3,6,8,10-11,14,20-21H,4-5,7,9,12H2,1-2H3,(H,22,24)/t20-/m1/s1. The predicted octanol–water partition coefficient (Wildman–Crippen LogP) is 2.91. The summed E-state index contributed by atoms with van der Waals surface area (Å²) in [7, 11) is -2.18. The normalized spacial score (nSPS) is 20.0. The van der Waals surface area contributed by atoms with Crippen LogP contribution in [0, 0.1) is 12.8 Å². The number of nitrogens with zero attached hydrogens (tertiary/aromatic N) is 1. The van der Waals surface area contributed by atoms with Crippen LogP contribution in [0.4, 0.5) is 5.69 Å². The zero-order valence-corrected chi connectivity index (χ0v) is 17.7. The Morgan fingerprint density at radius 2 is 2.07 bits per heavy atom. The maximum Gasteiger partial charge on any atom is 0.240 e. The van der Waals surface area contributed by atoms with E-state index in [0.29, 0.717) is 29.8 Å². The van der Waals surface area contributed by atoms with Gasteiger partial charge in [0.15, 0.2) is 0 Å². The van der Waals surface area contributed by atoms with E-state index in [2.05, 4.69) is 26.4 Å². The number of aryl methyl sites for hydroxylation is 1. The second-order valence-electron chi connectivity index (χ2n) is 7.54. The van der Waals surface area contributed by atoms with E-state index in [1.807, 2.05) is 11.3 Å². The molecule has 1 aliphatic carbocycles. The Kier molecular flexibility index (Phi) is 5.30. The maximum absolute atomic E-state index is 12.7. The van der Waals surface area contributed by atoms with Crippen LogP contribution < -0.4 is 10.0 Å². The summed E-state index contributed by atoms with van der Waals surface area (Å²) >= 11 is 1.82. The molecule has 8 heteroatoms. The molecule has 0 spiro atoms. The Morgan fingerprint density at radius 1 is 1.29 bits per heavy atom. The molecular formula is C20H25N3O3S2. The van der Waals surface area contributed by atoms with E-state index in [9.17, 15) is 13.2 Å². The van der Waals surface area contributed by atoms with Gasteiger partial charge in [0.2, 0.25) is 15.9 Å².